The lowest BCUT2D eigenvalue weighted by molar-refractivity contribution is -0.127. The number of hydrogen-bond acceptors (Lipinski definition) is 5. The SMILES string of the molecule is CC1CN(CC2CCCN2CC(=O)NCCCN2CCCC2=O)CC(C)O1. The maximum atomic E-state index is 12.3. The topological polar surface area (TPSA) is 65.1 Å². The normalized spacial score (nSPS) is 30.2. The summed E-state index contributed by atoms with van der Waals surface area (Å²) in [4.78, 5) is 30.7. The van der Waals surface area contributed by atoms with E-state index in [1.54, 1.807) is 0 Å². The second-order valence-electron chi connectivity index (χ2n) is 8.43. The molecule has 3 heterocycles. The first kappa shape index (κ1) is 20.6. The molecule has 7 heteroatoms. The summed E-state index contributed by atoms with van der Waals surface area (Å²) < 4.78 is 5.83. The Kier molecular flexibility index (Phi) is 7.49. The number of likely N-dealkylation sites (tertiary alicyclic amines) is 2. The van der Waals surface area contributed by atoms with Crippen molar-refractivity contribution in [3.8, 4) is 0 Å². The average Bonchev–Trinajstić information content (AvgIpc) is 3.20. The maximum Gasteiger partial charge on any atom is 0.234 e. The molecule has 3 unspecified atom stereocenters. The van der Waals surface area contributed by atoms with Crippen LogP contribution in [-0.2, 0) is 14.3 Å². The fourth-order valence-electron chi connectivity index (χ4n) is 4.72. The Hall–Kier alpha value is -1.18. The number of amides is 2. The van der Waals surface area contributed by atoms with Gasteiger partial charge in [0.2, 0.25) is 11.8 Å². The third kappa shape index (κ3) is 6.16. The van der Waals surface area contributed by atoms with Crippen LogP contribution >= 0.6 is 0 Å². The van der Waals surface area contributed by atoms with Crippen LogP contribution in [-0.4, -0.2) is 97.1 Å². The van der Waals surface area contributed by atoms with Crippen molar-refractivity contribution in [1.82, 2.24) is 20.0 Å². The van der Waals surface area contributed by atoms with E-state index in [1.807, 2.05) is 4.90 Å². The van der Waals surface area contributed by atoms with Crippen LogP contribution in [0, 0.1) is 0 Å². The first-order valence-electron chi connectivity index (χ1n) is 10.7. The average molecular weight is 381 g/mol. The van der Waals surface area contributed by atoms with E-state index < -0.39 is 0 Å². The highest BCUT2D eigenvalue weighted by Crippen LogP contribution is 2.20. The fourth-order valence-corrected chi connectivity index (χ4v) is 4.72. The van der Waals surface area contributed by atoms with Gasteiger partial charge in [0.25, 0.3) is 0 Å². The number of hydrogen-bond donors (Lipinski definition) is 1. The van der Waals surface area contributed by atoms with Gasteiger partial charge in [-0.3, -0.25) is 19.4 Å². The third-order valence-electron chi connectivity index (χ3n) is 5.91. The van der Waals surface area contributed by atoms with Gasteiger partial charge in [-0.25, -0.2) is 0 Å². The Morgan fingerprint density at radius 2 is 1.96 bits per heavy atom. The molecule has 0 saturated carbocycles. The lowest BCUT2D eigenvalue weighted by Gasteiger charge is -2.38. The predicted octanol–water partition coefficient (Wildman–Crippen LogP) is 0.689. The molecule has 0 spiro atoms. The highest BCUT2D eigenvalue weighted by Gasteiger charge is 2.30. The van der Waals surface area contributed by atoms with E-state index >= 15 is 0 Å². The minimum Gasteiger partial charge on any atom is -0.373 e. The van der Waals surface area contributed by atoms with Gasteiger partial charge in [-0.15, -0.1) is 0 Å². The Labute approximate surface area is 163 Å². The van der Waals surface area contributed by atoms with Gasteiger partial charge >= 0.3 is 0 Å². The molecule has 0 radical (unpaired) electrons. The van der Waals surface area contributed by atoms with Crippen LogP contribution in [0.3, 0.4) is 0 Å². The highest BCUT2D eigenvalue weighted by molar-refractivity contribution is 5.78. The molecule has 3 saturated heterocycles. The van der Waals surface area contributed by atoms with Crippen LogP contribution < -0.4 is 5.32 Å². The Morgan fingerprint density at radius 3 is 2.67 bits per heavy atom. The van der Waals surface area contributed by atoms with Crippen LogP contribution in [0.25, 0.3) is 0 Å². The van der Waals surface area contributed by atoms with Gasteiger partial charge in [0, 0.05) is 51.7 Å². The minimum absolute atomic E-state index is 0.110. The zero-order valence-electron chi connectivity index (χ0n) is 17.0. The Bertz CT molecular complexity index is 505. The summed E-state index contributed by atoms with van der Waals surface area (Å²) in [5.41, 5.74) is 0. The van der Waals surface area contributed by atoms with Crippen LogP contribution in [0.1, 0.15) is 46.0 Å². The molecule has 3 rings (SSSR count). The number of morpholine rings is 1. The monoisotopic (exact) mass is 380 g/mol. The summed E-state index contributed by atoms with van der Waals surface area (Å²) >= 11 is 0. The summed E-state index contributed by atoms with van der Waals surface area (Å²) in [6.45, 7) is 11.1. The van der Waals surface area contributed by atoms with E-state index in [0.29, 0.717) is 25.6 Å². The first-order chi connectivity index (χ1) is 13.0. The molecular weight excluding hydrogens is 344 g/mol. The van der Waals surface area contributed by atoms with Gasteiger partial charge in [0.05, 0.1) is 18.8 Å². The van der Waals surface area contributed by atoms with Crippen molar-refractivity contribution >= 4 is 11.8 Å². The second-order valence-corrected chi connectivity index (χ2v) is 8.43. The zero-order chi connectivity index (χ0) is 19.2. The maximum absolute atomic E-state index is 12.3. The van der Waals surface area contributed by atoms with Crippen LogP contribution in [0.2, 0.25) is 0 Å². The van der Waals surface area contributed by atoms with E-state index in [2.05, 4.69) is 29.0 Å². The molecule has 0 bridgehead atoms. The second kappa shape index (κ2) is 9.85. The first-order valence-corrected chi connectivity index (χ1v) is 10.7. The molecule has 154 valence electrons. The Balaban J connectivity index is 1.34. The molecule has 0 aromatic rings. The summed E-state index contributed by atoms with van der Waals surface area (Å²) in [7, 11) is 0. The van der Waals surface area contributed by atoms with Crippen molar-refractivity contribution in [3.05, 3.63) is 0 Å². The number of rotatable bonds is 8. The molecule has 0 aromatic carbocycles. The minimum atomic E-state index is 0.110. The fraction of sp³-hybridized carbons (Fsp3) is 0.900. The molecule has 0 aromatic heterocycles. The molecule has 27 heavy (non-hydrogen) atoms. The summed E-state index contributed by atoms with van der Waals surface area (Å²) in [5, 5.41) is 3.03. The van der Waals surface area contributed by atoms with Crippen LogP contribution in [0.15, 0.2) is 0 Å². The van der Waals surface area contributed by atoms with Crippen molar-refractivity contribution in [1.29, 1.82) is 0 Å². The van der Waals surface area contributed by atoms with Crippen molar-refractivity contribution in [3.63, 3.8) is 0 Å². The van der Waals surface area contributed by atoms with Gasteiger partial charge in [-0.2, -0.15) is 0 Å². The molecule has 1 N–H and O–H groups in total. The lowest BCUT2D eigenvalue weighted by Crippen LogP contribution is -2.51. The molecule has 3 aliphatic heterocycles. The summed E-state index contributed by atoms with van der Waals surface area (Å²) in [6.07, 6.45) is 5.41. The number of ether oxygens (including phenoxy) is 1. The van der Waals surface area contributed by atoms with Gasteiger partial charge in [-0.1, -0.05) is 0 Å². The van der Waals surface area contributed by atoms with Crippen molar-refractivity contribution in [2.45, 2.75) is 64.2 Å². The number of carbonyl (C=O) groups excluding carboxylic acids is 2. The molecule has 3 fully saturated rings. The predicted molar refractivity (Wildman–Crippen MR) is 104 cm³/mol. The summed E-state index contributed by atoms with van der Waals surface area (Å²) in [5.74, 6) is 0.367. The smallest absolute Gasteiger partial charge is 0.234 e. The lowest BCUT2D eigenvalue weighted by atomic mass is 10.1. The van der Waals surface area contributed by atoms with E-state index in [-0.39, 0.29) is 24.0 Å². The van der Waals surface area contributed by atoms with Crippen LogP contribution in [0.5, 0.6) is 0 Å². The molecule has 3 aliphatic rings. The van der Waals surface area contributed by atoms with Gasteiger partial charge in [0.15, 0.2) is 0 Å². The number of nitrogens with one attached hydrogen (secondary N) is 1. The van der Waals surface area contributed by atoms with Crippen molar-refractivity contribution in [2.24, 2.45) is 0 Å². The largest absolute Gasteiger partial charge is 0.373 e. The molecular formula is C20H36N4O3. The van der Waals surface area contributed by atoms with Crippen LogP contribution in [0.4, 0.5) is 0 Å². The third-order valence-corrected chi connectivity index (χ3v) is 5.91. The van der Waals surface area contributed by atoms with Gasteiger partial charge in [0.1, 0.15) is 0 Å². The van der Waals surface area contributed by atoms with E-state index in [0.717, 1.165) is 52.1 Å². The van der Waals surface area contributed by atoms with Crippen molar-refractivity contribution in [2.75, 3.05) is 52.4 Å². The molecule has 3 atom stereocenters. The van der Waals surface area contributed by atoms with Gasteiger partial charge < -0.3 is 15.0 Å². The summed E-state index contributed by atoms with van der Waals surface area (Å²) in [6, 6.07) is 0.468. The number of carbonyl (C=O) groups is 2. The zero-order valence-corrected chi connectivity index (χ0v) is 17.0. The molecule has 2 amide bonds. The Morgan fingerprint density at radius 1 is 1.19 bits per heavy atom. The standard InChI is InChI=1S/C20H36N4O3/c1-16-12-22(13-17(2)27-16)14-18-6-3-10-24(18)15-19(25)21-8-5-11-23-9-4-7-20(23)26/h16-18H,3-15H2,1-2H3,(H,21,25). The number of nitrogens with zero attached hydrogens (tertiary/aromatic N) is 3. The highest BCUT2D eigenvalue weighted by atomic mass is 16.5. The van der Waals surface area contributed by atoms with E-state index in [1.165, 1.54) is 12.8 Å². The molecule has 7 nitrogen and oxygen atoms in total. The van der Waals surface area contributed by atoms with E-state index in [9.17, 15) is 9.59 Å². The molecule has 0 aliphatic carbocycles. The van der Waals surface area contributed by atoms with Gasteiger partial charge in [-0.05, 0) is 46.1 Å². The van der Waals surface area contributed by atoms with E-state index in [4.69, 9.17) is 4.74 Å². The van der Waals surface area contributed by atoms with Crippen molar-refractivity contribution < 1.29 is 14.3 Å². The quantitative estimate of drug-likeness (QED) is 0.628.